The minimum atomic E-state index is -0.700. The lowest BCUT2D eigenvalue weighted by molar-refractivity contribution is -0.158. The van der Waals surface area contributed by atoms with Gasteiger partial charge in [-0.3, -0.25) is 19.1 Å². The quantitative estimate of drug-likeness (QED) is 0.282. The molecule has 3 aromatic carbocycles. The SMILES string of the molecule is COc1ccc(CNC(=O)c2ccc3c(c2)c(=O)[nH]c(=O)n3C(C)c2ccc(C(=O)OCC(=O)OC(C)(C)C)cc2)cc1. The van der Waals surface area contributed by atoms with Crippen molar-refractivity contribution in [2.45, 2.75) is 45.9 Å². The van der Waals surface area contributed by atoms with Crippen LogP contribution in [0.1, 0.15) is 65.6 Å². The maximum Gasteiger partial charge on any atom is 0.344 e. The Kier molecular flexibility index (Phi) is 9.13. The maximum absolute atomic E-state index is 12.9. The van der Waals surface area contributed by atoms with E-state index in [0.29, 0.717) is 16.8 Å². The monoisotopic (exact) mass is 587 g/mol. The maximum atomic E-state index is 12.9. The summed E-state index contributed by atoms with van der Waals surface area (Å²) in [5, 5.41) is 3.00. The standard InChI is InChI=1S/C32H33N3O8/c1-19(21-8-10-22(11-9-21)30(39)42-18-27(36)43-32(2,3)4)35-26-15-12-23(16-25(26)29(38)34-31(35)40)28(37)33-17-20-6-13-24(41-5)14-7-20/h6-16,19H,17-18H2,1-5H3,(H,33,37)(H,34,38,40). The Morgan fingerprint density at radius 1 is 0.930 bits per heavy atom. The van der Waals surface area contributed by atoms with Crippen LogP contribution in [0.2, 0.25) is 0 Å². The molecule has 0 fully saturated rings. The number of hydrogen-bond donors (Lipinski definition) is 2. The number of rotatable bonds is 9. The number of nitrogens with one attached hydrogen (secondary N) is 2. The second-order valence-corrected chi connectivity index (χ2v) is 10.9. The molecule has 0 aliphatic heterocycles. The molecule has 11 nitrogen and oxygen atoms in total. The molecule has 224 valence electrons. The second kappa shape index (κ2) is 12.8. The molecule has 0 aliphatic rings. The number of H-pyrrole nitrogens is 1. The number of esters is 2. The fraction of sp³-hybridized carbons (Fsp3) is 0.281. The molecule has 0 aliphatic carbocycles. The molecule has 0 saturated heterocycles. The van der Waals surface area contributed by atoms with Crippen LogP contribution in [-0.4, -0.2) is 46.7 Å². The van der Waals surface area contributed by atoms with Gasteiger partial charge in [-0.2, -0.15) is 0 Å². The predicted octanol–water partition coefficient (Wildman–Crippen LogP) is 3.74. The molecule has 4 rings (SSSR count). The van der Waals surface area contributed by atoms with Gasteiger partial charge in [0.2, 0.25) is 0 Å². The van der Waals surface area contributed by atoms with Gasteiger partial charge >= 0.3 is 17.6 Å². The molecule has 0 radical (unpaired) electrons. The van der Waals surface area contributed by atoms with Crippen LogP contribution in [0, 0.1) is 0 Å². The Hall–Kier alpha value is -5.19. The van der Waals surface area contributed by atoms with E-state index in [9.17, 15) is 24.0 Å². The van der Waals surface area contributed by atoms with Crippen LogP contribution < -0.4 is 21.3 Å². The third-order valence-corrected chi connectivity index (χ3v) is 6.57. The number of carbonyl (C=O) groups is 3. The number of fused-ring (bicyclic) bond motifs is 1. The lowest BCUT2D eigenvalue weighted by atomic mass is 10.0. The van der Waals surface area contributed by atoms with Gasteiger partial charge in [0.25, 0.3) is 11.5 Å². The van der Waals surface area contributed by atoms with Crippen molar-refractivity contribution < 1.29 is 28.6 Å². The molecule has 4 aromatic rings. The van der Waals surface area contributed by atoms with E-state index in [2.05, 4.69) is 10.3 Å². The molecule has 11 heteroatoms. The zero-order valence-corrected chi connectivity index (χ0v) is 24.6. The van der Waals surface area contributed by atoms with Crippen LogP contribution in [0.25, 0.3) is 10.9 Å². The van der Waals surface area contributed by atoms with Gasteiger partial charge in [-0.1, -0.05) is 24.3 Å². The van der Waals surface area contributed by atoms with Crippen molar-refractivity contribution in [3.05, 3.63) is 110 Å². The first-order valence-electron chi connectivity index (χ1n) is 13.5. The zero-order chi connectivity index (χ0) is 31.3. The Morgan fingerprint density at radius 3 is 2.21 bits per heavy atom. The molecule has 1 unspecified atom stereocenters. The number of nitrogens with zero attached hydrogens (tertiary/aromatic N) is 1. The van der Waals surface area contributed by atoms with Crippen LogP contribution in [0.15, 0.2) is 76.3 Å². The Labute approximate surface area is 247 Å². The molecular formula is C32H33N3O8. The summed E-state index contributed by atoms with van der Waals surface area (Å²) < 4.78 is 16.7. The summed E-state index contributed by atoms with van der Waals surface area (Å²) in [6, 6.07) is 17.6. The van der Waals surface area contributed by atoms with Crippen LogP contribution >= 0.6 is 0 Å². The minimum Gasteiger partial charge on any atom is -0.497 e. The molecule has 0 bridgehead atoms. The van der Waals surface area contributed by atoms with Crippen molar-refractivity contribution >= 4 is 28.7 Å². The summed E-state index contributed by atoms with van der Waals surface area (Å²) in [5.74, 6) is -1.03. The Bertz CT molecular complexity index is 1760. The molecule has 43 heavy (non-hydrogen) atoms. The van der Waals surface area contributed by atoms with Gasteiger partial charge in [-0.05, 0) is 81.3 Å². The van der Waals surface area contributed by atoms with Gasteiger partial charge in [0.1, 0.15) is 11.4 Å². The fourth-order valence-electron chi connectivity index (χ4n) is 4.44. The predicted molar refractivity (Wildman–Crippen MR) is 159 cm³/mol. The van der Waals surface area contributed by atoms with Crippen molar-refractivity contribution in [2.24, 2.45) is 0 Å². The van der Waals surface area contributed by atoms with Crippen molar-refractivity contribution in [3.63, 3.8) is 0 Å². The summed E-state index contributed by atoms with van der Waals surface area (Å²) >= 11 is 0. The average molecular weight is 588 g/mol. The molecule has 0 spiro atoms. The van der Waals surface area contributed by atoms with E-state index in [-0.39, 0.29) is 29.0 Å². The van der Waals surface area contributed by atoms with E-state index < -0.39 is 41.4 Å². The van der Waals surface area contributed by atoms with E-state index in [4.69, 9.17) is 14.2 Å². The summed E-state index contributed by atoms with van der Waals surface area (Å²) in [7, 11) is 1.57. The van der Waals surface area contributed by atoms with Crippen LogP contribution in [0.4, 0.5) is 0 Å². The molecular weight excluding hydrogens is 554 g/mol. The van der Waals surface area contributed by atoms with Gasteiger partial charge in [-0.25, -0.2) is 14.4 Å². The van der Waals surface area contributed by atoms with Gasteiger partial charge < -0.3 is 19.5 Å². The molecule has 1 aromatic heterocycles. The summed E-state index contributed by atoms with van der Waals surface area (Å²) in [6.07, 6.45) is 0. The van der Waals surface area contributed by atoms with Crippen molar-refractivity contribution in [3.8, 4) is 5.75 Å². The first-order chi connectivity index (χ1) is 20.4. The smallest absolute Gasteiger partial charge is 0.344 e. The third-order valence-electron chi connectivity index (χ3n) is 6.57. The van der Waals surface area contributed by atoms with E-state index >= 15 is 0 Å². The van der Waals surface area contributed by atoms with Crippen molar-refractivity contribution in [2.75, 3.05) is 13.7 Å². The highest BCUT2D eigenvalue weighted by molar-refractivity contribution is 5.97. The largest absolute Gasteiger partial charge is 0.497 e. The number of methoxy groups -OCH3 is 1. The molecule has 1 heterocycles. The number of amides is 1. The van der Waals surface area contributed by atoms with Crippen molar-refractivity contribution in [1.29, 1.82) is 0 Å². The fourth-order valence-corrected chi connectivity index (χ4v) is 4.44. The number of carbonyl (C=O) groups excluding carboxylic acids is 3. The summed E-state index contributed by atoms with van der Waals surface area (Å²) in [5.41, 5.74) is 0.421. The van der Waals surface area contributed by atoms with Gasteiger partial charge in [0.15, 0.2) is 6.61 Å². The number of benzene rings is 3. The summed E-state index contributed by atoms with van der Waals surface area (Å²) in [4.78, 5) is 65.1. The van der Waals surface area contributed by atoms with E-state index in [1.54, 1.807) is 71.2 Å². The average Bonchev–Trinajstić information content (AvgIpc) is 2.98. The Morgan fingerprint density at radius 2 is 1.58 bits per heavy atom. The van der Waals surface area contributed by atoms with Crippen LogP contribution in [0.5, 0.6) is 5.75 Å². The Balaban J connectivity index is 1.51. The first kappa shape index (κ1) is 30.8. The number of aromatic amines is 1. The van der Waals surface area contributed by atoms with Crippen LogP contribution in [-0.2, 0) is 20.8 Å². The molecule has 1 atom stereocenters. The lowest BCUT2D eigenvalue weighted by Gasteiger charge is -2.19. The topological polar surface area (TPSA) is 146 Å². The number of hydrogen-bond acceptors (Lipinski definition) is 8. The normalized spacial score (nSPS) is 11.9. The van der Waals surface area contributed by atoms with Gasteiger partial charge in [0, 0.05) is 12.1 Å². The van der Waals surface area contributed by atoms with E-state index in [0.717, 1.165) is 5.56 Å². The number of ether oxygens (including phenoxy) is 3. The molecule has 1 amide bonds. The third kappa shape index (κ3) is 7.56. The lowest BCUT2D eigenvalue weighted by Crippen LogP contribution is -2.33. The van der Waals surface area contributed by atoms with Gasteiger partial charge in [0.05, 0.1) is 29.6 Å². The first-order valence-corrected chi connectivity index (χ1v) is 13.5. The highest BCUT2D eigenvalue weighted by Gasteiger charge is 2.20. The molecule has 2 N–H and O–H groups in total. The zero-order valence-electron chi connectivity index (χ0n) is 24.6. The van der Waals surface area contributed by atoms with E-state index in [1.165, 1.54) is 22.8 Å². The van der Waals surface area contributed by atoms with Crippen LogP contribution in [0.3, 0.4) is 0 Å². The minimum absolute atomic E-state index is 0.172. The number of aromatic nitrogens is 2. The summed E-state index contributed by atoms with van der Waals surface area (Å²) in [6.45, 7) is 6.66. The van der Waals surface area contributed by atoms with Gasteiger partial charge in [-0.15, -0.1) is 0 Å². The highest BCUT2D eigenvalue weighted by atomic mass is 16.6. The second-order valence-electron chi connectivity index (χ2n) is 10.9. The van der Waals surface area contributed by atoms with Crippen molar-refractivity contribution in [1.82, 2.24) is 14.9 Å². The highest BCUT2D eigenvalue weighted by Crippen LogP contribution is 2.22. The molecule has 0 saturated carbocycles. The van der Waals surface area contributed by atoms with E-state index in [1.807, 2.05) is 12.1 Å².